The molecule has 0 saturated carbocycles. The van der Waals surface area contributed by atoms with Gasteiger partial charge in [0.2, 0.25) is 0 Å². The molecule has 2 aliphatic heterocycles. The third kappa shape index (κ3) is 3.76. The lowest BCUT2D eigenvalue weighted by molar-refractivity contribution is 0.226. The number of aromatic nitrogens is 2. The normalized spacial score (nSPS) is 17.9. The molecule has 28 heavy (non-hydrogen) atoms. The van der Waals surface area contributed by atoms with Crippen LogP contribution in [0.15, 0.2) is 29.3 Å². The monoisotopic (exact) mass is 421 g/mol. The molecule has 0 bridgehead atoms. The third-order valence-electron chi connectivity index (χ3n) is 4.95. The summed E-state index contributed by atoms with van der Waals surface area (Å²) in [6.07, 6.45) is 3.53. The number of benzene rings is 1. The van der Waals surface area contributed by atoms with Gasteiger partial charge in [0.1, 0.15) is 11.5 Å². The van der Waals surface area contributed by atoms with Crippen molar-refractivity contribution in [1.29, 1.82) is 0 Å². The first-order chi connectivity index (χ1) is 13.1. The highest BCUT2D eigenvalue weighted by atomic mass is 35.5. The highest BCUT2D eigenvalue weighted by Crippen LogP contribution is 2.31. The van der Waals surface area contributed by atoms with E-state index in [-0.39, 0.29) is 24.5 Å². The quantitative estimate of drug-likeness (QED) is 0.747. The van der Waals surface area contributed by atoms with Gasteiger partial charge in [-0.15, -0.1) is 12.4 Å². The number of hydrogen-bond donors (Lipinski definition) is 1. The van der Waals surface area contributed by atoms with E-state index >= 15 is 0 Å². The fraction of sp³-hybridized carbons (Fsp3) is 0.450. The second-order valence-electron chi connectivity index (χ2n) is 7.11. The highest BCUT2D eigenvalue weighted by molar-refractivity contribution is 6.30. The Morgan fingerprint density at radius 1 is 1.21 bits per heavy atom. The molecule has 0 aliphatic carbocycles. The number of anilines is 1. The fourth-order valence-electron chi connectivity index (χ4n) is 3.73. The van der Waals surface area contributed by atoms with Crippen LogP contribution in [0, 0.1) is 0 Å². The van der Waals surface area contributed by atoms with Crippen LogP contribution in [0.1, 0.15) is 43.8 Å². The summed E-state index contributed by atoms with van der Waals surface area (Å²) in [7, 11) is 0. The van der Waals surface area contributed by atoms with Crippen LogP contribution in [0.4, 0.5) is 10.6 Å². The summed E-state index contributed by atoms with van der Waals surface area (Å²) in [6.45, 7) is 5.45. The van der Waals surface area contributed by atoms with Crippen LogP contribution in [0.25, 0.3) is 0 Å². The molecule has 150 valence electrons. The van der Waals surface area contributed by atoms with Crippen molar-refractivity contribution in [3.05, 3.63) is 46.4 Å². The number of aryl methyl sites for hydroxylation is 1. The number of hydrogen-bond acceptors (Lipinski definition) is 3. The number of fused-ring (bicyclic) bond motifs is 3. The molecule has 3 heterocycles. The lowest BCUT2D eigenvalue weighted by Gasteiger charge is -2.32. The van der Waals surface area contributed by atoms with Gasteiger partial charge in [-0.2, -0.15) is 0 Å². The Labute approximate surface area is 176 Å². The number of aromatic amines is 1. The number of urea groups is 1. The molecule has 0 radical (unpaired) electrons. The molecule has 2 aromatic rings. The third-order valence-corrected chi connectivity index (χ3v) is 5.20. The van der Waals surface area contributed by atoms with E-state index in [1.165, 1.54) is 5.56 Å². The maximum absolute atomic E-state index is 13.1. The minimum Gasteiger partial charge on any atom is -0.338 e. The lowest BCUT2D eigenvalue weighted by Crippen LogP contribution is -2.50. The number of rotatable bonds is 6. The molecule has 2 aliphatic rings. The number of nitrogens with one attached hydrogen (secondary N) is 1. The average molecular weight is 422 g/mol. The number of nitrogens with zero attached hydrogens (tertiary/aromatic N) is 4. The summed E-state index contributed by atoms with van der Waals surface area (Å²) < 4.78 is 0. The van der Waals surface area contributed by atoms with Crippen molar-refractivity contribution in [3.63, 3.8) is 0 Å². The largest absolute Gasteiger partial charge is 0.338 e. The summed E-state index contributed by atoms with van der Waals surface area (Å²) in [5.41, 5.74) is 2.05. The van der Waals surface area contributed by atoms with Crippen LogP contribution in [0.2, 0.25) is 5.02 Å². The molecule has 8 heteroatoms. The number of carbonyl (C=O) groups is 1. The van der Waals surface area contributed by atoms with Gasteiger partial charge in [0, 0.05) is 18.0 Å². The predicted molar refractivity (Wildman–Crippen MR) is 115 cm³/mol. The zero-order chi connectivity index (χ0) is 19.0. The van der Waals surface area contributed by atoms with Gasteiger partial charge in [0.25, 0.3) is 0 Å². The van der Waals surface area contributed by atoms with Crippen molar-refractivity contribution < 1.29 is 4.79 Å². The van der Waals surface area contributed by atoms with Gasteiger partial charge >= 0.3 is 6.03 Å². The number of imidazole rings is 1. The zero-order valence-electron chi connectivity index (χ0n) is 16.1. The SMILES string of the molecule is CCCc1nc2c([nH]1)C1=NC(Cc3ccc(Cl)cc3)CN1C(=O)N2CCC.Cl. The van der Waals surface area contributed by atoms with Crippen molar-refractivity contribution in [2.45, 2.75) is 45.6 Å². The Bertz CT molecular complexity index is 877. The van der Waals surface area contributed by atoms with Crippen molar-refractivity contribution in [2.24, 2.45) is 4.99 Å². The molecule has 4 rings (SSSR count). The van der Waals surface area contributed by atoms with E-state index in [0.717, 1.165) is 53.9 Å². The highest BCUT2D eigenvalue weighted by Gasteiger charge is 2.42. The standard InChI is InChI=1S/C20H24ClN5O.ClH/c1-3-5-16-23-17-18-22-15(11-13-6-8-14(21)9-7-13)12-26(18)20(27)25(10-4-2)19(17)24-16;/h6-9,15H,3-5,10-12H2,1-2H3,(H,23,24);1H. The molecule has 0 spiro atoms. The number of H-pyrrole nitrogens is 1. The van der Waals surface area contributed by atoms with Gasteiger partial charge in [0.15, 0.2) is 11.7 Å². The number of halogens is 2. The minimum absolute atomic E-state index is 0. The molecular formula is C20H25Cl2N5O. The molecule has 0 fully saturated rings. The molecule has 2 amide bonds. The lowest BCUT2D eigenvalue weighted by atomic mass is 10.1. The summed E-state index contributed by atoms with van der Waals surface area (Å²) in [5, 5.41) is 0.727. The van der Waals surface area contributed by atoms with E-state index in [1.807, 2.05) is 24.3 Å². The smallest absolute Gasteiger partial charge is 0.331 e. The topological polar surface area (TPSA) is 64.6 Å². The van der Waals surface area contributed by atoms with Gasteiger partial charge in [-0.1, -0.05) is 37.6 Å². The van der Waals surface area contributed by atoms with Gasteiger partial charge < -0.3 is 4.98 Å². The van der Waals surface area contributed by atoms with E-state index in [9.17, 15) is 4.79 Å². The molecule has 1 atom stereocenters. The predicted octanol–water partition coefficient (Wildman–Crippen LogP) is 4.46. The maximum Gasteiger partial charge on any atom is 0.331 e. The van der Waals surface area contributed by atoms with Crippen LogP contribution < -0.4 is 4.90 Å². The number of amidine groups is 1. The summed E-state index contributed by atoms with van der Waals surface area (Å²) >= 11 is 5.98. The van der Waals surface area contributed by atoms with Crippen molar-refractivity contribution >= 4 is 41.7 Å². The van der Waals surface area contributed by atoms with E-state index in [2.05, 4.69) is 18.8 Å². The Morgan fingerprint density at radius 3 is 2.64 bits per heavy atom. The number of aliphatic imine (C=N–C) groups is 1. The molecule has 0 saturated heterocycles. The van der Waals surface area contributed by atoms with E-state index in [1.54, 1.807) is 9.80 Å². The maximum atomic E-state index is 13.1. The molecule has 1 unspecified atom stereocenters. The van der Waals surface area contributed by atoms with Crippen LogP contribution in [-0.2, 0) is 12.8 Å². The second kappa shape index (κ2) is 8.53. The van der Waals surface area contributed by atoms with Gasteiger partial charge in [-0.05, 0) is 37.0 Å². The summed E-state index contributed by atoms with van der Waals surface area (Å²) in [4.78, 5) is 29.6. The van der Waals surface area contributed by atoms with Crippen LogP contribution >= 0.6 is 24.0 Å². The first kappa shape index (κ1) is 20.7. The molecule has 1 aromatic heterocycles. The number of carbonyl (C=O) groups excluding carboxylic acids is 1. The van der Waals surface area contributed by atoms with E-state index in [4.69, 9.17) is 21.6 Å². The Morgan fingerprint density at radius 2 is 1.96 bits per heavy atom. The van der Waals surface area contributed by atoms with Crippen molar-refractivity contribution in [2.75, 3.05) is 18.0 Å². The molecule has 1 N–H and O–H groups in total. The molecule has 6 nitrogen and oxygen atoms in total. The average Bonchev–Trinajstić information content (AvgIpc) is 3.25. The first-order valence-electron chi connectivity index (χ1n) is 9.61. The summed E-state index contributed by atoms with van der Waals surface area (Å²) in [5.74, 6) is 2.38. The van der Waals surface area contributed by atoms with Gasteiger partial charge in [-0.25, -0.2) is 9.78 Å². The molecule has 1 aromatic carbocycles. The van der Waals surface area contributed by atoms with E-state index < -0.39 is 0 Å². The van der Waals surface area contributed by atoms with E-state index in [0.29, 0.717) is 13.1 Å². The molecular weight excluding hydrogens is 397 g/mol. The Balaban J connectivity index is 0.00000225. The minimum atomic E-state index is -0.0174. The second-order valence-corrected chi connectivity index (χ2v) is 7.55. The first-order valence-corrected chi connectivity index (χ1v) is 9.99. The Hall–Kier alpha value is -2.05. The van der Waals surface area contributed by atoms with Gasteiger partial charge in [0.05, 0.1) is 12.6 Å². The Kier molecular flexibility index (Phi) is 6.30. The van der Waals surface area contributed by atoms with Crippen LogP contribution in [0.5, 0.6) is 0 Å². The van der Waals surface area contributed by atoms with Crippen LogP contribution in [0.3, 0.4) is 0 Å². The van der Waals surface area contributed by atoms with Crippen molar-refractivity contribution in [3.8, 4) is 0 Å². The van der Waals surface area contributed by atoms with Crippen LogP contribution in [-0.4, -0.2) is 45.9 Å². The fourth-order valence-corrected chi connectivity index (χ4v) is 3.86. The summed E-state index contributed by atoms with van der Waals surface area (Å²) in [6, 6.07) is 7.85. The zero-order valence-corrected chi connectivity index (χ0v) is 17.7. The van der Waals surface area contributed by atoms with Crippen molar-refractivity contribution in [1.82, 2.24) is 14.9 Å². The number of amides is 2. The van der Waals surface area contributed by atoms with Gasteiger partial charge in [-0.3, -0.25) is 14.8 Å².